The van der Waals surface area contributed by atoms with Crippen molar-refractivity contribution in [3.05, 3.63) is 76.3 Å². The van der Waals surface area contributed by atoms with Crippen molar-refractivity contribution in [2.24, 2.45) is 0 Å². The van der Waals surface area contributed by atoms with Crippen LogP contribution in [0.15, 0.2) is 53.5 Å². The quantitative estimate of drug-likeness (QED) is 0.391. The molecule has 4 aromatic rings. The van der Waals surface area contributed by atoms with E-state index >= 15 is 0 Å². The number of piperazine rings is 1. The Kier molecular flexibility index (Phi) is 7.15. The first-order chi connectivity index (χ1) is 17.9. The highest BCUT2D eigenvalue weighted by atomic mass is 19.1. The molecule has 1 N–H and O–H groups in total. The lowest BCUT2D eigenvalue weighted by Gasteiger charge is -2.32. The van der Waals surface area contributed by atoms with Crippen LogP contribution in [0.1, 0.15) is 5.56 Å². The van der Waals surface area contributed by atoms with Crippen molar-refractivity contribution in [2.75, 3.05) is 58.7 Å². The maximum atomic E-state index is 14.4. The molecule has 0 aliphatic carbocycles. The van der Waals surface area contributed by atoms with Gasteiger partial charge in [0.2, 0.25) is 5.95 Å². The van der Waals surface area contributed by atoms with Crippen LogP contribution in [-0.2, 0) is 6.54 Å². The van der Waals surface area contributed by atoms with E-state index in [1.807, 2.05) is 0 Å². The maximum Gasteiger partial charge on any atom is 0.335 e. The minimum absolute atomic E-state index is 0.205. The number of hydrogen-bond donors (Lipinski definition) is 1. The summed E-state index contributed by atoms with van der Waals surface area (Å²) in [5, 5.41) is 3.25. The van der Waals surface area contributed by atoms with Gasteiger partial charge in [-0.05, 0) is 31.3 Å². The summed E-state index contributed by atoms with van der Waals surface area (Å²) in [6.45, 7) is 5.25. The maximum absolute atomic E-state index is 14.4. The Morgan fingerprint density at radius 3 is 2.51 bits per heavy atom. The molecule has 1 aliphatic rings. The molecule has 0 amide bonds. The van der Waals surface area contributed by atoms with Gasteiger partial charge in [-0.2, -0.15) is 4.98 Å². The van der Waals surface area contributed by atoms with E-state index in [1.54, 1.807) is 24.3 Å². The van der Waals surface area contributed by atoms with Crippen molar-refractivity contribution < 1.29 is 13.5 Å². The van der Waals surface area contributed by atoms with Crippen LogP contribution in [0.2, 0.25) is 0 Å². The van der Waals surface area contributed by atoms with Crippen LogP contribution in [0, 0.1) is 11.6 Å². The van der Waals surface area contributed by atoms with Crippen LogP contribution in [-0.4, -0.2) is 82.3 Å². The molecule has 194 valence electrons. The van der Waals surface area contributed by atoms with E-state index in [0.29, 0.717) is 35.1 Å². The van der Waals surface area contributed by atoms with E-state index in [2.05, 4.69) is 32.1 Å². The molecule has 0 radical (unpaired) electrons. The Labute approximate surface area is 212 Å². The summed E-state index contributed by atoms with van der Waals surface area (Å²) in [6.07, 6.45) is 1.51. The van der Waals surface area contributed by atoms with Crippen LogP contribution in [0.25, 0.3) is 16.9 Å². The smallest absolute Gasteiger partial charge is 0.335 e. The van der Waals surface area contributed by atoms with Crippen molar-refractivity contribution >= 4 is 17.1 Å². The van der Waals surface area contributed by atoms with E-state index in [-0.39, 0.29) is 12.1 Å². The number of nitrogens with zero attached hydrogens (tertiary/aromatic N) is 6. The summed E-state index contributed by atoms with van der Waals surface area (Å²) in [4.78, 5) is 27.3. The second kappa shape index (κ2) is 10.7. The SMILES string of the molecule is COc1cccc(-n2c(=O)n(Cc3c(F)cccc3F)c3cnc(NCCN4CCN(C)CC4)nc32)c1. The third kappa shape index (κ3) is 5.18. The van der Waals surface area contributed by atoms with Gasteiger partial charge in [0, 0.05) is 50.9 Å². The van der Waals surface area contributed by atoms with Gasteiger partial charge in [0.15, 0.2) is 5.65 Å². The summed E-state index contributed by atoms with van der Waals surface area (Å²) in [5.74, 6) is -0.521. The van der Waals surface area contributed by atoms with Crippen molar-refractivity contribution in [1.82, 2.24) is 28.9 Å². The van der Waals surface area contributed by atoms with Crippen LogP contribution in [0.5, 0.6) is 5.75 Å². The number of aromatic nitrogens is 4. The monoisotopic (exact) mass is 509 g/mol. The fourth-order valence-corrected chi connectivity index (χ4v) is 4.49. The molecule has 11 heteroatoms. The van der Waals surface area contributed by atoms with E-state index in [9.17, 15) is 13.6 Å². The normalized spacial score (nSPS) is 14.8. The second-order valence-corrected chi connectivity index (χ2v) is 9.08. The van der Waals surface area contributed by atoms with Crippen molar-refractivity contribution in [3.8, 4) is 11.4 Å². The van der Waals surface area contributed by atoms with Crippen LogP contribution < -0.4 is 15.7 Å². The van der Waals surface area contributed by atoms with Crippen LogP contribution >= 0.6 is 0 Å². The van der Waals surface area contributed by atoms with E-state index in [4.69, 9.17) is 4.74 Å². The first-order valence-electron chi connectivity index (χ1n) is 12.1. The minimum atomic E-state index is -0.725. The molecule has 5 rings (SSSR count). The Balaban J connectivity index is 1.51. The highest BCUT2D eigenvalue weighted by Gasteiger charge is 2.21. The molecular formula is C26H29F2N7O2. The lowest BCUT2D eigenvalue weighted by atomic mass is 10.2. The predicted molar refractivity (Wildman–Crippen MR) is 138 cm³/mol. The molecule has 2 aromatic heterocycles. The zero-order chi connectivity index (χ0) is 25.9. The zero-order valence-electron chi connectivity index (χ0n) is 20.8. The summed E-state index contributed by atoms with van der Waals surface area (Å²) in [6, 6.07) is 10.6. The molecule has 2 aromatic carbocycles. The molecule has 1 saturated heterocycles. The number of benzene rings is 2. The van der Waals surface area contributed by atoms with E-state index < -0.39 is 17.3 Å². The third-order valence-electron chi connectivity index (χ3n) is 6.67. The fourth-order valence-electron chi connectivity index (χ4n) is 4.49. The lowest BCUT2D eigenvalue weighted by molar-refractivity contribution is 0.158. The molecule has 1 aliphatic heterocycles. The van der Waals surface area contributed by atoms with Crippen molar-refractivity contribution in [1.29, 1.82) is 0 Å². The van der Waals surface area contributed by atoms with Gasteiger partial charge in [0.1, 0.15) is 22.9 Å². The number of likely N-dealkylation sites (N-methyl/N-ethyl adjacent to an activating group) is 1. The van der Waals surface area contributed by atoms with Gasteiger partial charge in [-0.1, -0.05) is 12.1 Å². The predicted octanol–water partition coefficient (Wildman–Crippen LogP) is 2.58. The van der Waals surface area contributed by atoms with Gasteiger partial charge in [0.25, 0.3) is 0 Å². The molecule has 0 spiro atoms. The largest absolute Gasteiger partial charge is 0.497 e. The topological polar surface area (TPSA) is 80.4 Å². The summed E-state index contributed by atoms with van der Waals surface area (Å²) in [7, 11) is 3.66. The van der Waals surface area contributed by atoms with Crippen LogP contribution in [0.4, 0.5) is 14.7 Å². The number of ether oxygens (including phenoxy) is 1. The average molecular weight is 510 g/mol. The molecular weight excluding hydrogens is 480 g/mol. The average Bonchev–Trinajstić information content (AvgIpc) is 3.17. The molecule has 37 heavy (non-hydrogen) atoms. The Morgan fingerprint density at radius 2 is 1.78 bits per heavy atom. The Hall–Kier alpha value is -3.83. The summed E-state index contributed by atoms with van der Waals surface area (Å²) < 4.78 is 36.9. The number of rotatable bonds is 8. The molecule has 9 nitrogen and oxygen atoms in total. The number of anilines is 1. The molecule has 0 unspecified atom stereocenters. The van der Waals surface area contributed by atoms with Gasteiger partial charge in [-0.3, -0.25) is 9.47 Å². The standard InChI is InChI=1S/C26H29F2N7O2/c1-32-11-13-33(14-12-32)10-9-29-25-30-16-23-24(31-25)35(18-5-3-6-19(15-18)37-2)26(36)34(23)17-20-21(27)7-4-8-22(20)28/h3-8,15-16H,9-14,17H2,1-2H3,(H,29,30,31). The Morgan fingerprint density at radius 1 is 1.05 bits per heavy atom. The first kappa shape index (κ1) is 24.8. The van der Waals surface area contributed by atoms with Gasteiger partial charge in [0.05, 0.1) is 25.5 Å². The summed E-state index contributed by atoms with van der Waals surface area (Å²) >= 11 is 0. The molecule has 3 heterocycles. The number of nitrogens with one attached hydrogen (secondary N) is 1. The molecule has 0 atom stereocenters. The van der Waals surface area contributed by atoms with Crippen molar-refractivity contribution in [3.63, 3.8) is 0 Å². The zero-order valence-corrected chi connectivity index (χ0v) is 20.8. The van der Waals surface area contributed by atoms with E-state index in [1.165, 1.54) is 40.6 Å². The minimum Gasteiger partial charge on any atom is -0.497 e. The van der Waals surface area contributed by atoms with Gasteiger partial charge in [-0.25, -0.2) is 23.1 Å². The fraction of sp³-hybridized carbons (Fsp3) is 0.346. The van der Waals surface area contributed by atoms with Gasteiger partial charge in [-0.15, -0.1) is 0 Å². The number of methoxy groups -OCH3 is 1. The Bertz CT molecular complexity index is 1440. The van der Waals surface area contributed by atoms with Crippen LogP contribution in [0.3, 0.4) is 0 Å². The number of fused-ring (bicyclic) bond motifs is 1. The molecule has 0 saturated carbocycles. The first-order valence-corrected chi connectivity index (χ1v) is 12.1. The second-order valence-electron chi connectivity index (χ2n) is 9.08. The van der Waals surface area contributed by atoms with Gasteiger partial charge < -0.3 is 15.0 Å². The van der Waals surface area contributed by atoms with Gasteiger partial charge >= 0.3 is 5.69 Å². The number of halogens is 2. The molecule has 0 bridgehead atoms. The number of imidazole rings is 1. The molecule has 1 fully saturated rings. The lowest BCUT2D eigenvalue weighted by Crippen LogP contribution is -2.45. The number of hydrogen-bond acceptors (Lipinski definition) is 7. The summed E-state index contributed by atoms with van der Waals surface area (Å²) in [5.41, 5.74) is 0.509. The highest BCUT2D eigenvalue weighted by Crippen LogP contribution is 2.22. The third-order valence-corrected chi connectivity index (χ3v) is 6.67. The van der Waals surface area contributed by atoms with E-state index in [0.717, 1.165) is 32.7 Å². The highest BCUT2D eigenvalue weighted by molar-refractivity contribution is 5.74. The van der Waals surface area contributed by atoms with Crippen molar-refractivity contribution in [2.45, 2.75) is 6.54 Å².